The third-order valence-corrected chi connectivity index (χ3v) is 1.77. The van der Waals surface area contributed by atoms with Crippen molar-refractivity contribution in [3.63, 3.8) is 0 Å². The second-order valence-electron chi connectivity index (χ2n) is 2.65. The van der Waals surface area contributed by atoms with Gasteiger partial charge in [0, 0.05) is 6.07 Å². The first-order valence-corrected chi connectivity index (χ1v) is 3.96. The summed E-state index contributed by atoms with van der Waals surface area (Å²) in [4.78, 5) is 14.1. The molecule has 0 unspecified atom stereocenters. The molecule has 0 saturated carbocycles. The molecule has 0 saturated heterocycles. The van der Waals surface area contributed by atoms with Gasteiger partial charge in [-0.3, -0.25) is 10.1 Å². The van der Waals surface area contributed by atoms with Gasteiger partial charge in [0.05, 0.1) is 23.3 Å². The predicted molar refractivity (Wildman–Crippen MR) is 53.0 cm³/mol. The van der Waals surface area contributed by atoms with Gasteiger partial charge in [0.1, 0.15) is 0 Å². The van der Waals surface area contributed by atoms with Gasteiger partial charge in [-0.05, 0) is 13.0 Å². The molecule has 5 heteroatoms. The van der Waals surface area contributed by atoms with Crippen molar-refractivity contribution < 1.29 is 9.66 Å². The summed E-state index contributed by atoms with van der Waals surface area (Å²) >= 11 is 0. The Morgan fingerprint density at radius 2 is 2.29 bits per heavy atom. The summed E-state index contributed by atoms with van der Waals surface area (Å²) in [5, 5.41) is 10.6. The molecule has 0 radical (unpaired) electrons. The largest absolute Gasteiger partial charge is 0.486 e. The van der Waals surface area contributed by atoms with Crippen LogP contribution in [-0.4, -0.2) is 18.4 Å². The Morgan fingerprint density at radius 3 is 2.86 bits per heavy atom. The second kappa shape index (κ2) is 4.36. The van der Waals surface area contributed by atoms with Crippen molar-refractivity contribution >= 4 is 17.8 Å². The number of methoxy groups -OCH3 is 1. The first kappa shape index (κ1) is 10.2. The van der Waals surface area contributed by atoms with Crippen LogP contribution in [0, 0.1) is 17.0 Å². The maximum Gasteiger partial charge on any atom is 0.274 e. The summed E-state index contributed by atoms with van der Waals surface area (Å²) < 4.78 is 4.64. The maximum atomic E-state index is 10.6. The molecule has 0 aliphatic carbocycles. The summed E-state index contributed by atoms with van der Waals surface area (Å²) in [5.74, 6) is 0. The van der Waals surface area contributed by atoms with Crippen LogP contribution in [0.3, 0.4) is 0 Å². The fourth-order valence-corrected chi connectivity index (χ4v) is 1.06. The molecule has 0 N–H and O–H groups in total. The molecule has 0 spiro atoms. The molecule has 0 aliphatic heterocycles. The van der Waals surface area contributed by atoms with Crippen molar-refractivity contribution in [3.8, 4) is 0 Å². The zero-order valence-corrected chi connectivity index (χ0v) is 7.93. The summed E-state index contributed by atoms with van der Waals surface area (Å²) in [6.07, 6.45) is 1.24. The van der Waals surface area contributed by atoms with Gasteiger partial charge in [-0.2, -0.15) is 0 Å². The number of rotatable bonds is 3. The molecule has 1 rings (SSSR count). The van der Waals surface area contributed by atoms with Crippen molar-refractivity contribution in [2.45, 2.75) is 6.92 Å². The molecule has 14 heavy (non-hydrogen) atoms. The molecule has 74 valence electrons. The molecule has 5 nitrogen and oxygen atoms in total. The Balaban J connectivity index is 3.14. The Morgan fingerprint density at radius 1 is 1.57 bits per heavy atom. The van der Waals surface area contributed by atoms with Crippen molar-refractivity contribution in [1.82, 2.24) is 0 Å². The average Bonchev–Trinajstić information content (AvgIpc) is 2.16. The van der Waals surface area contributed by atoms with E-state index in [1.807, 2.05) is 0 Å². The number of aliphatic imine (C=N–C) groups is 1. The fourth-order valence-electron chi connectivity index (χ4n) is 1.06. The molecule has 0 bridgehead atoms. The second-order valence-corrected chi connectivity index (χ2v) is 2.65. The van der Waals surface area contributed by atoms with Crippen LogP contribution in [0.15, 0.2) is 23.2 Å². The Hall–Kier alpha value is -1.91. The van der Waals surface area contributed by atoms with Gasteiger partial charge >= 0.3 is 0 Å². The Bertz CT molecular complexity index is 374. The van der Waals surface area contributed by atoms with E-state index in [-0.39, 0.29) is 5.69 Å². The summed E-state index contributed by atoms with van der Waals surface area (Å²) in [7, 11) is 1.47. The summed E-state index contributed by atoms with van der Waals surface area (Å²) in [5.41, 5.74) is 1.14. The normalized spacial score (nSPS) is 10.4. The molecule has 0 heterocycles. The minimum absolute atomic E-state index is 0.0655. The van der Waals surface area contributed by atoms with Crippen LogP contribution in [0.4, 0.5) is 11.4 Å². The van der Waals surface area contributed by atoms with Crippen LogP contribution in [0.5, 0.6) is 0 Å². The van der Waals surface area contributed by atoms with Crippen molar-refractivity contribution in [1.29, 1.82) is 0 Å². The van der Waals surface area contributed by atoms with E-state index in [0.29, 0.717) is 11.3 Å². The molecule has 0 atom stereocenters. The zero-order valence-electron chi connectivity index (χ0n) is 7.93. The molecule has 1 aromatic carbocycles. The van der Waals surface area contributed by atoms with Gasteiger partial charge in [-0.15, -0.1) is 0 Å². The third kappa shape index (κ3) is 2.07. The van der Waals surface area contributed by atoms with Crippen LogP contribution in [0.1, 0.15) is 5.56 Å². The van der Waals surface area contributed by atoms with E-state index in [1.54, 1.807) is 19.1 Å². The van der Waals surface area contributed by atoms with Crippen LogP contribution < -0.4 is 0 Å². The van der Waals surface area contributed by atoms with Crippen molar-refractivity contribution in [3.05, 3.63) is 33.9 Å². The summed E-state index contributed by atoms with van der Waals surface area (Å²) in [6.45, 7) is 1.65. The maximum absolute atomic E-state index is 10.6. The molecule has 0 aromatic heterocycles. The molecular weight excluding hydrogens is 184 g/mol. The van der Waals surface area contributed by atoms with E-state index in [2.05, 4.69) is 9.73 Å². The van der Waals surface area contributed by atoms with Gasteiger partial charge in [0.25, 0.3) is 5.69 Å². The summed E-state index contributed by atoms with van der Waals surface area (Å²) in [6, 6.07) is 4.73. The minimum atomic E-state index is -0.429. The number of hydrogen-bond acceptors (Lipinski definition) is 4. The van der Waals surface area contributed by atoms with Gasteiger partial charge in [0.15, 0.2) is 6.40 Å². The fraction of sp³-hybridized carbons (Fsp3) is 0.222. The van der Waals surface area contributed by atoms with Crippen molar-refractivity contribution in [2.75, 3.05) is 7.11 Å². The average molecular weight is 194 g/mol. The number of hydrogen-bond donors (Lipinski definition) is 0. The number of nitro groups is 1. The van der Waals surface area contributed by atoms with Crippen molar-refractivity contribution in [2.24, 2.45) is 4.99 Å². The van der Waals surface area contributed by atoms with Crippen LogP contribution >= 0.6 is 0 Å². The topological polar surface area (TPSA) is 64.7 Å². The van der Waals surface area contributed by atoms with Gasteiger partial charge in [0.2, 0.25) is 0 Å². The van der Waals surface area contributed by atoms with E-state index in [9.17, 15) is 10.1 Å². The lowest BCUT2D eigenvalue weighted by Crippen LogP contribution is -1.91. The number of ether oxygens (including phenoxy) is 1. The third-order valence-electron chi connectivity index (χ3n) is 1.77. The van der Waals surface area contributed by atoms with E-state index in [0.717, 1.165) is 0 Å². The molecule has 0 aliphatic rings. The molecular formula is C9H10N2O3. The van der Waals surface area contributed by atoms with Gasteiger partial charge in [-0.1, -0.05) is 6.07 Å². The lowest BCUT2D eigenvalue weighted by Gasteiger charge is -1.99. The zero-order chi connectivity index (χ0) is 10.6. The van der Waals surface area contributed by atoms with Gasteiger partial charge < -0.3 is 4.74 Å². The molecule has 0 fully saturated rings. The van der Waals surface area contributed by atoms with Crippen LogP contribution in [-0.2, 0) is 4.74 Å². The van der Waals surface area contributed by atoms with E-state index >= 15 is 0 Å². The smallest absolute Gasteiger partial charge is 0.274 e. The standard InChI is InChI=1S/C9H10N2O3/c1-7-8(10-6-14-2)4-3-5-9(7)11(12)13/h3-6H,1-2H3. The van der Waals surface area contributed by atoms with E-state index in [1.165, 1.54) is 19.6 Å². The Kier molecular flexibility index (Phi) is 3.17. The highest BCUT2D eigenvalue weighted by Crippen LogP contribution is 2.26. The minimum Gasteiger partial charge on any atom is -0.486 e. The Labute approximate surface area is 81.2 Å². The SMILES string of the molecule is COC=Nc1cccc([N+](=O)[O-])c1C. The number of benzene rings is 1. The number of nitrogens with zero attached hydrogens (tertiary/aromatic N) is 2. The van der Waals surface area contributed by atoms with Crippen LogP contribution in [0.2, 0.25) is 0 Å². The van der Waals surface area contributed by atoms with Crippen LogP contribution in [0.25, 0.3) is 0 Å². The number of nitro benzene ring substituents is 1. The highest BCUT2D eigenvalue weighted by Gasteiger charge is 2.11. The lowest BCUT2D eigenvalue weighted by molar-refractivity contribution is -0.385. The molecule has 1 aromatic rings. The first-order chi connectivity index (χ1) is 6.66. The lowest BCUT2D eigenvalue weighted by atomic mass is 10.1. The molecule has 0 amide bonds. The van der Waals surface area contributed by atoms with E-state index < -0.39 is 4.92 Å². The highest BCUT2D eigenvalue weighted by molar-refractivity contribution is 5.62. The van der Waals surface area contributed by atoms with E-state index in [4.69, 9.17) is 0 Å². The monoisotopic (exact) mass is 194 g/mol. The highest BCUT2D eigenvalue weighted by atomic mass is 16.6. The quantitative estimate of drug-likeness (QED) is 0.320. The predicted octanol–water partition coefficient (Wildman–Crippen LogP) is 2.21. The van der Waals surface area contributed by atoms with Gasteiger partial charge in [-0.25, -0.2) is 4.99 Å². The first-order valence-electron chi connectivity index (χ1n) is 3.96.